The Balaban J connectivity index is 1.55. The van der Waals surface area contributed by atoms with Gasteiger partial charge in [0.1, 0.15) is 23.0 Å². The third kappa shape index (κ3) is 3.55. The van der Waals surface area contributed by atoms with E-state index >= 15 is 0 Å². The molecule has 0 bridgehead atoms. The van der Waals surface area contributed by atoms with Crippen LogP contribution in [0.5, 0.6) is 0 Å². The number of carbonyl (C=O) groups is 2. The lowest BCUT2D eigenvalue weighted by atomic mass is 10.1. The van der Waals surface area contributed by atoms with E-state index in [-0.39, 0.29) is 12.5 Å². The SMILES string of the molecule is COC(=O)CNC(=O)c1ccc(Nc2nc(C)nc3sc4c(c23)CCC4)cc1. The van der Waals surface area contributed by atoms with Gasteiger partial charge in [0.25, 0.3) is 5.91 Å². The molecule has 4 rings (SSSR count). The Kier molecular flexibility index (Phi) is 4.95. The molecule has 0 radical (unpaired) electrons. The van der Waals surface area contributed by atoms with Gasteiger partial charge < -0.3 is 15.4 Å². The molecule has 1 amide bonds. The third-order valence-corrected chi connectivity index (χ3v) is 5.89. The maximum Gasteiger partial charge on any atom is 0.325 e. The van der Waals surface area contributed by atoms with Gasteiger partial charge in [0.2, 0.25) is 0 Å². The molecule has 0 aliphatic heterocycles. The topological polar surface area (TPSA) is 93.2 Å². The summed E-state index contributed by atoms with van der Waals surface area (Å²) in [6, 6.07) is 7.06. The second-order valence-corrected chi connectivity index (χ2v) is 7.70. The molecule has 7 nitrogen and oxygen atoms in total. The number of esters is 1. The van der Waals surface area contributed by atoms with Crippen molar-refractivity contribution >= 4 is 44.9 Å². The highest BCUT2D eigenvalue weighted by atomic mass is 32.1. The van der Waals surface area contributed by atoms with Crippen molar-refractivity contribution in [3.05, 3.63) is 46.1 Å². The van der Waals surface area contributed by atoms with Crippen LogP contribution in [0.3, 0.4) is 0 Å². The lowest BCUT2D eigenvalue weighted by Crippen LogP contribution is -2.30. The lowest BCUT2D eigenvalue weighted by molar-refractivity contribution is -0.139. The first-order valence-corrected chi connectivity index (χ1v) is 9.88. The molecular weight excluding hydrogens is 376 g/mol. The number of hydrogen-bond donors (Lipinski definition) is 2. The van der Waals surface area contributed by atoms with Crippen molar-refractivity contribution in [2.45, 2.75) is 26.2 Å². The number of nitrogens with zero attached hydrogens (tertiary/aromatic N) is 2. The molecule has 0 unspecified atom stereocenters. The fraction of sp³-hybridized carbons (Fsp3) is 0.300. The number of benzene rings is 1. The van der Waals surface area contributed by atoms with Crippen LogP contribution in [0.15, 0.2) is 24.3 Å². The van der Waals surface area contributed by atoms with Gasteiger partial charge in [0.05, 0.1) is 12.5 Å². The first-order valence-electron chi connectivity index (χ1n) is 9.06. The molecule has 1 aromatic carbocycles. The number of ether oxygens (including phenoxy) is 1. The molecule has 0 atom stereocenters. The van der Waals surface area contributed by atoms with Crippen LogP contribution < -0.4 is 10.6 Å². The first-order chi connectivity index (χ1) is 13.5. The van der Waals surface area contributed by atoms with Gasteiger partial charge in [-0.3, -0.25) is 9.59 Å². The van der Waals surface area contributed by atoms with E-state index in [1.54, 1.807) is 23.5 Å². The Hall–Kier alpha value is -3.00. The number of rotatable bonds is 5. The number of aryl methyl sites for hydroxylation is 3. The summed E-state index contributed by atoms with van der Waals surface area (Å²) in [7, 11) is 1.28. The number of anilines is 2. The van der Waals surface area contributed by atoms with Gasteiger partial charge in [0.15, 0.2) is 0 Å². The summed E-state index contributed by atoms with van der Waals surface area (Å²) in [5.41, 5.74) is 2.66. The summed E-state index contributed by atoms with van der Waals surface area (Å²) >= 11 is 1.76. The van der Waals surface area contributed by atoms with Gasteiger partial charge in [-0.05, 0) is 56.0 Å². The number of methoxy groups -OCH3 is 1. The van der Waals surface area contributed by atoms with Crippen molar-refractivity contribution in [3.8, 4) is 0 Å². The van der Waals surface area contributed by atoms with Crippen LogP contribution in [0.25, 0.3) is 10.2 Å². The Morgan fingerprint density at radius 2 is 1.96 bits per heavy atom. The summed E-state index contributed by atoms with van der Waals surface area (Å²) in [6.45, 7) is 1.74. The number of amides is 1. The van der Waals surface area contributed by atoms with Crippen LogP contribution in [0.4, 0.5) is 11.5 Å². The van der Waals surface area contributed by atoms with E-state index in [0.717, 1.165) is 40.4 Å². The quantitative estimate of drug-likeness (QED) is 0.644. The molecule has 2 heterocycles. The highest BCUT2D eigenvalue weighted by Gasteiger charge is 2.22. The minimum atomic E-state index is -0.488. The maximum absolute atomic E-state index is 12.1. The second kappa shape index (κ2) is 7.55. The number of carbonyl (C=O) groups excluding carboxylic acids is 2. The molecule has 8 heteroatoms. The molecule has 0 saturated heterocycles. The van der Waals surface area contributed by atoms with Crippen molar-refractivity contribution in [1.29, 1.82) is 0 Å². The van der Waals surface area contributed by atoms with Crippen LogP contribution in [0.1, 0.15) is 33.0 Å². The number of nitrogens with one attached hydrogen (secondary N) is 2. The fourth-order valence-electron chi connectivity index (χ4n) is 3.36. The van der Waals surface area contributed by atoms with Crippen LogP contribution in [-0.4, -0.2) is 35.5 Å². The minimum absolute atomic E-state index is 0.156. The van der Waals surface area contributed by atoms with Crippen LogP contribution >= 0.6 is 11.3 Å². The van der Waals surface area contributed by atoms with E-state index in [1.165, 1.54) is 24.0 Å². The van der Waals surface area contributed by atoms with Gasteiger partial charge in [-0.2, -0.15) is 0 Å². The first kappa shape index (κ1) is 18.4. The molecule has 0 spiro atoms. The molecule has 1 aliphatic carbocycles. The fourth-order valence-corrected chi connectivity index (χ4v) is 4.67. The van der Waals surface area contributed by atoms with Crippen molar-refractivity contribution in [1.82, 2.24) is 15.3 Å². The molecule has 2 N–H and O–H groups in total. The second-order valence-electron chi connectivity index (χ2n) is 6.62. The zero-order valence-corrected chi connectivity index (χ0v) is 16.5. The summed E-state index contributed by atoms with van der Waals surface area (Å²) in [5, 5.41) is 7.01. The highest BCUT2D eigenvalue weighted by molar-refractivity contribution is 7.19. The largest absolute Gasteiger partial charge is 0.468 e. The van der Waals surface area contributed by atoms with Gasteiger partial charge >= 0.3 is 5.97 Å². The molecule has 28 heavy (non-hydrogen) atoms. The Morgan fingerprint density at radius 3 is 2.71 bits per heavy atom. The van der Waals surface area contributed by atoms with Crippen molar-refractivity contribution in [2.75, 3.05) is 19.0 Å². The van der Waals surface area contributed by atoms with Crippen LogP contribution in [0.2, 0.25) is 0 Å². The zero-order chi connectivity index (χ0) is 19.7. The average Bonchev–Trinajstić information content (AvgIpc) is 3.26. The molecule has 0 fully saturated rings. The van der Waals surface area contributed by atoms with Gasteiger partial charge in [-0.15, -0.1) is 11.3 Å². The summed E-state index contributed by atoms with van der Waals surface area (Å²) in [5.74, 6) is 0.726. The van der Waals surface area contributed by atoms with E-state index in [0.29, 0.717) is 5.56 Å². The standard InChI is InChI=1S/C20H20N4O3S/c1-11-22-18(17-14-4-3-5-15(14)28-20(17)23-11)24-13-8-6-12(7-9-13)19(26)21-10-16(25)27-2/h6-9H,3-5,10H2,1-2H3,(H,21,26)(H,22,23,24). The Bertz CT molecular complexity index is 1060. The number of thiophene rings is 1. The van der Waals surface area contributed by atoms with E-state index in [4.69, 9.17) is 0 Å². The number of fused-ring (bicyclic) bond motifs is 3. The highest BCUT2D eigenvalue weighted by Crippen LogP contribution is 2.40. The Labute approximate surface area is 166 Å². The normalized spacial score (nSPS) is 12.6. The van der Waals surface area contributed by atoms with E-state index in [1.807, 2.05) is 19.1 Å². The van der Waals surface area contributed by atoms with E-state index in [9.17, 15) is 9.59 Å². The van der Waals surface area contributed by atoms with Crippen LogP contribution in [-0.2, 0) is 22.4 Å². The molecule has 0 saturated carbocycles. The van der Waals surface area contributed by atoms with Gasteiger partial charge in [-0.25, -0.2) is 9.97 Å². The van der Waals surface area contributed by atoms with E-state index in [2.05, 4.69) is 25.3 Å². The van der Waals surface area contributed by atoms with Crippen molar-refractivity contribution in [3.63, 3.8) is 0 Å². The Morgan fingerprint density at radius 1 is 1.18 bits per heavy atom. The van der Waals surface area contributed by atoms with Gasteiger partial charge in [-0.1, -0.05) is 0 Å². The van der Waals surface area contributed by atoms with Crippen molar-refractivity contribution in [2.24, 2.45) is 0 Å². The minimum Gasteiger partial charge on any atom is -0.468 e. The summed E-state index contributed by atoms with van der Waals surface area (Å²) in [6.07, 6.45) is 3.36. The van der Waals surface area contributed by atoms with Gasteiger partial charge in [0, 0.05) is 16.1 Å². The smallest absolute Gasteiger partial charge is 0.325 e. The predicted octanol–water partition coefficient (Wildman–Crippen LogP) is 3.13. The summed E-state index contributed by atoms with van der Waals surface area (Å²) in [4.78, 5) is 34.9. The molecule has 144 valence electrons. The average molecular weight is 396 g/mol. The van der Waals surface area contributed by atoms with E-state index < -0.39 is 5.97 Å². The molecule has 2 aromatic heterocycles. The number of hydrogen-bond acceptors (Lipinski definition) is 7. The lowest BCUT2D eigenvalue weighted by Gasteiger charge is -2.10. The summed E-state index contributed by atoms with van der Waals surface area (Å²) < 4.78 is 4.52. The number of aromatic nitrogens is 2. The molecular formula is C20H20N4O3S. The molecule has 3 aromatic rings. The third-order valence-electron chi connectivity index (χ3n) is 4.71. The monoisotopic (exact) mass is 396 g/mol. The molecule has 1 aliphatic rings. The maximum atomic E-state index is 12.1. The van der Waals surface area contributed by atoms with Crippen LogP contribution in [0, 0.1) is 6.92 Å². The van der Waals surface area contributed by atoms with Crippen molar-refractivity contribution < 1.29 is 14.3 Å². The zero-order valence-electron chi connectivity index (χ0n) is 15.7. The predicted molar refractivity (Wildman–Crippen MR) is 108 cm³/mol.